The fourth-order valence-corrected chi connectivity index (χ4v) is 3.58. The second-order valence-electron chi connectivity index (χ2n) is 4.17. The summed E-state index contributed by atoms with van der Waals surface area (Å²) in [5, 5.41) is 8.87. The zero-order valence-electron chi connectivity index (χ0n) is 8.72. The lowest BCUT2D eigenvalue weighted by atomic mass is 9.96. The van der Waals surface area contributed by atoms with Crippen LogP contribution < -0.4 is 0 Å². The van der Waals surface area contributed by atoms with Gasteiger partial charge in [-0.1, -0.05) is 0 Å². The van der Waals surface area contributed by atoms with Crippen LogP contribution in [0, 0.1) is 5.92 Å². The number of piperidine rings is 1. The van der Waals surface area contributed by atoms with Gasteiger partial charge in [0.1, 0.15) is 0 Å². The summed E-state index contributed by atoms with van der Waals surface area (Å²) in [5.74, 6) is 1.84. The van der Waals surface area contributed by atoms with Gasteiger partial charge in [-0.2, -0.15) is 11.8 Å². The second-order valence-corrected chi connectivity index (χ2v) is 5.32. The predicted molar refractivity (Wildman–Crippen MR) is 64.9 cm³/mol. The molecule has 0 aliphatic carbocycles. The van der Waals surface area contributed by atoms with Crippen LogP contribution in [0.3, 0.4) is 0 Å². The number of hydrogen-bond donors (Lipinski definition) is 1. The number of carbonyl (C=O) groups is 1. The third kappa shape index (κ3) is 3.26. The molecule has 1 N–H and O–H groups in total. The van der Waals surface area contributed by atoms with Crippen molar-refractivity contribution in [3.8, 4) is 0 Å². The van der Waals surface area contributed by atoms with Crippen molar-refractivity contribution >= 4 is 30.1 Å². The zero-order valence-corrected chi connectivity index (χ0v) is 10.4. The molecule has 2 aliphatic rings. The summed E-state index contributed by atoms with van der Waals surface area (Å²) >= 11 is 2.02. The van der Waals surface area contributed by atoms with Crippen LogP contribution in [-0.4, -0.2) is 46.6 Å². The molecule has 2 aliphatic heterocycles. The normalized spacial score (nSPS) is 28.7. The summed E-state index contributed by atoms with van der Waals surface area (Å²) in [4.78, 5) is 13.2. The molecule has 2 rings (SSSR count). The summed E-state index contributed by atoms with van der Waals surface area (Å²) < 4.78 is 0. The van der Waals surface area contributed by atoms with Crippen molar-refractivity contribution in [2.24, 2.45) is 5.92 Å². The molecule has 5 heteroatoms. The number of aliphatic carboxylic acids is 1. The molecule has 0 bridgehead atoms. The van der Waals surface area contributed by atoms with Gasteiger partial charge in [-0.25, -0.2) is 0 Å². The van der Waals surface area contributed by atoms with Crippen LogP contribution in [0.15, 0.2) is 0 Å². The van der Waals surface area contributed by atoms with Gasteiger partial charge in [0.2, 0.25) is 0 Å². The van der Waals surface area contributed by atoms with E-state index in [1.807, 2.05) is 11.8 Å². The molecule has 0 spiro atoms. The van der Waals surface area contributed by atoms with Crippen LogP contribution in [0.1, 0.15) is 19.3 Å². The van der Waals surface area contributed by atoms with Crippen molar-refractivity contribution in [1.82, 2.24) is 4.90 Å². The van der Waals surface area contributed by atoms with E-state index in [1.165, 1.54) is 17.9 Å². The molecule has 3 nitrogen and oxygen atoms in total. The summed E-state index contributed by atoms with van der Waals surface area (Å²) in [6.45, 7) is 1.98. The van der Waals surface area contributed by atoms with E-state index in [0.717, 1.165) is 32.0 Å². The van der Waals surface area contributed by atoms with Crippen LogP contribution in [0.25, 0.3) is 0 Å². The Morgan fingerprint density at radius 2 is 1.93 bits per heavy atom. The molecule has 0 saturated carbocycles. The SMILES string of the molecule is Cl.O=C(O)C1CCN(C2CCSC2)CC1. The first-order valence-electron chi connectivity index (χ1n) is 5.32. The van der Waals surface area contributed by atoms with Gasteiger partial charge < -0.3 is 5.11 Å². The van der Waals surface area contributed by atoms with Crippen molar-refractivity contribution < 1.29 is 9.90 Å². The third-order valence-corrected chi connectivity index (χ3v) is 4.45. The molecule has 88 valence electrons. The Labute approximate surface area is 101 Å². The fourth-order valence-electron chi connectivity index (χ4n) is 2.32. The smallest absolute Gasteiger partial charge is 0.306 e. The Balaban J connectivity index is 0.00000112. The molecule has 0 aromatic carbocycles. The first kappa shape index (κ1) is 13.1. The predicted octanol–water partition coefficient (Wildman–Crippen LogP) is 1.71. The van der Waals surface area contributed by atoms with E-state index >= 15 is 0 Å². The van der Waals surface area contributed by atoms with Crippen molar-refractivity contribution in [1.29, 1.82) is 0 Å². The quantitative estimate of drug-likeness (QED) is 0.811. The summed E-state index contributed by atoms with van der Waals surface area (Å²) in [6, 6.07) is 0.731. The summed E-state index contributed by atoms with van der Waals surface area (Å²) in [7, 11) is 0. The lowest BCUT2D eigenvalue weighted by Gasteiger charge is -2.34. The Kier molecular flexibility index (Phi) is 5.23. The Hall–Kier alpha value is 0.0700. The van der Waals surface area contributed by atoms with Crippen LogP contribution in [0.2, 0.25) is 0 Å². The number of carboxylic acid groups (broad SMARTS) is 1. The number of rotatable bonds is 2. The Morgan fingerprint density at radius 1 is 1.27 bits per heavy atom. The summed E-state index contributed by atoms with van der Waals surface area (Å²) in [5.41, 5.74) is 0. The number of halogens is 1. The van der Waals surface area contributed by atoms with E-state index < -0.39 is 5.97 Å². The minimum Gasteiger partial charge on any atom is -0.481 e. The van der Waals surface area contributed by atoms with Crippen molar-refractivity contribution in [2.45, 2.75) is 25.3 Å². The van der Waals surface area contributed by atoms with E-state index in [0.29, 0.717) is 0 Å². The van der Waals surface area contributed by atoms with Crippen LogP contribution in [0.4, 0.5) is 0 Å². The topological polar surface area (TPSA) is 40.5 Å². The van der Waals surface area contributed by atoms with Gasteiger partial charge >= 0.3 is 5.97 Å². The molecule has 15 heavy (non-hydrogen) atoms. The lowest BCUT2D eigenvalue weighted by Crippen LogP contribution is -2.42. The highest BCUT2D eigenvalue weighted by molar-refractivity contribution is 7.99. The van der Waals surface area contributed by atoms with Gasteiger partial charge in [0.25, 0.3) is 0 Å². The van der Waals surface area contributed by atoms with E-state index in [9.17, 15) is 4.79 Å². The van der Waals surface area contributed by atoms with E-state index in [-0.39, 0.29) is 18.3 Å². The maximum atomic E-state index is 10.8. The first-order chi connectivity index (χ1) is 6.77. The molecular weight excluding hydrogens is 234 g/mol. The maximum absolute atomic E-state index is 10.8. The minimum absolute atomic E-state index is 0. The molecule has 1 atom stereocenters. The van der Waals surface area contributed by atoms with Gasteiger partial charge in [0.15, 0.2) is 0 Å². The molecule has 2 heterocycles. The average molecular weight is 252 g/mol. The van der Waals surface area contributed by atoms with E-state index in [4.69, 9.17) is 5.11 Å². The number of carboxylic acids is 1. The van der Waals surface area contributed by atoms with Crippen molar-refractivity contribution in [2.75, 3.05) is 24.6 Å². The van der Waals surface area contributed by atoms with E-state index in [2.05, 4.69) is 4.90 Å². The van der Waals surface area contributed by atoms with E-state index in [1.54, 1.807) is 0 Å². The zero-order chi connectivity index (χ0) is 9.97. The Morgan fingerprint density at radius 3 is 2.40 bits per heavy atom. The standard InChI is InChI=1S/C10H17NO2S.ClH/c12-10(13)8-1-4-11(5-2-8)9-3-6-14-7-9;/h8-9H,1-7H2,(H,12,13);1H. The van der Waals surface area contributed by atoms with Crippen LogP contribution >= 0.6 is 24.2 Å². The van der Waals surface area contributed by atoms with Gasteiger partial charge in [-0.15, -0.1) is 12.4 Å². The lowest BCUT2D eigenvalue weighted by molar-refractivity contribution is -0.143. The number of nitrogens with zero attached hydrogens (tertiary/aromatic N) is 1. The number of thioether (sulfide) groups is 1. The molecular formula is C10H18ClNO2S. The molecule has 0 amide bonds. The molecule has 0 aromatic heterocycles. The molecule has 0 radical (unpaired) electrons. The van der Waals surface area contributed by atoms with Gasteiger partial charge in [-0.05, 0) is 38.1 Å². The highest BCUT2D eigenvalue weighted by Gasteiger charge is 2.29. The van der Waals surface area contributed by atoms with Gasteiger partial charge in [-0.3, -0.25) is 9.69 Å². The second kappa shape index (κ2) is 5.97. The number of hydrogen-bond acceptors (Lipinski definition) is 3. The van der Waals surface area contributed by atoms with Gasteiger partial charge in [0, 0.05) is 11.8 Å². The maximum Gasteiger partial charge on any atom is 0.306 e. The van der Waals surface area contributed by atoms with Crippen molar-refractivity contribution in [3.05, 3.63) is 0 Å². The fraction of sp³-hybridized carbons (Fsp3) is 0.900. The summed E-state index contributed by atoms with van der Waals surface area (Å²) in [6.07, 6.45) is 2.98. The molecule has 0 aromatic rings. The molecule has 1 unspecified atom stereocenters. The van der Waals surface area contributed by atoms with Crippen LogP contribution in [0.5, 0.6) is 0 Å². The number of likely N-dealkylation sites (tertiary alicyclic amines) is 1. The highest BCUT2D eigenvalue weighted by atomic mass is 35.5. The highest BCUT2D eigenvalue weighted by Crippen LogP contribution is 2.26. The van der Waals surface area contributed by atoms with Gasteiger partial charge in [0.05, 0.1) is 5.92 Å². The average Bonchev–Trinajstić information content (AvgIpc) is 2.71. The minimum atomic E-state index is -0.606. The molecule has 2 saturated heterocycles. The largest absolute Gasteiger partial charge is 0.481 e. The first-order valence-corrected chi connectivity index (χ1v) is 6.47. The third-order valence-electron chi connectivity index (χ3n) is 3.30. The van der Waals surface area contributed by atoms with Crippen molar-refractivity contribution in [3.63, 3.8) is 0 Å². The Bertz CT molecular complexity index is 213. The van der Waals surface area contributed by atoms with Crippen LogP contribution in [-0.2, 0) is 4.79 Å². The molecule has 2 fully saturated rings. The monoisotopic (exact) mass is 251 g/mol.